The van der Waals surface area contributed by atoms with Crippen LogP contribution in [0.4, 0.5) is 5.69 Å². The summed E-state index contributed by atoms with van der Waals surface area (Å²) in [6, 6.07) is 4.96. The molecule has 1 N–H and O–H groups in total. The zero-order chi connectivity index (χ0) is 21.4. The van der Waals surface area contributed by atoms with E-state index in [0.29, 0.717) is 53.3 Å². The minimum absolute atomic E-state index is 0.0448. The molecular formula is C24H24Cl2N2O3. The third-order valence-electron chi connectivity index (χ3n) is 8.32. The van der Waals surface area contributed by atoms with E-state index in [9.17, 15) is 14.4 Å². The Kier molecular flexibility index (Phi) is 4.52. The number of likely N-dealkylation sites (tertiary alicyclic amines) is 1. The van der Waals surface area contributed by atoms with Gasteiger partial charge in [-0.1, -0.05) is 35.4 Å². The molecule has 1 aliphatic heterocycles. The SMILES string of the molecule is O=C(Nc1ccc(Cl)c(Cl)c1)C1CCC(N2C(=O)[C@@H]3[C@H]4C=C[C@@H]([C@@H]5C[C@@H]45)[C@@H]3C2=O)CC1. The van der Waals surface area contributed by atoms with Crippen molar-refractivity contribution in [3.8, 4) is 0 Å². The van der Waals surface area contributed by atoms with Crippen LogP contribution < -0.4 is 5.32 Å². The molecule has 3 saturated carbocycles. The van der Waals surface area contributed by atoms with Crippen LogP contribution in [0, 0.1) is 41.4 Å². The second-order valence-electron chi connectivity index (χ2n) is 9.82. The zero-order valence-corrected chi connectivity index (χ0v) is 18.5. The summed E-state index contributed by atoms with van der Waals surface area (Å²) in [5.74, 6) is 1.39. The van der Waals surface area contributed by atoms with E-state index < -0.39 is 0 Å². The summed E-state index contributed by atoms with van der Waals surface area (Å²) in [7, 11) is 0. The Morgan fingerprint density at radius 1 is 0.903 bits per heavy atom. The summed E-state index contributed by atoms with van der Waals surface area (Å²) in [6.45, 7) is 0. The van der Waals surface area contributed by atoms with Gasteiger partial charge in [-0.2, -0.15) is 0 Å². The predicted molar refractivity (Wildman–Crippen MR) is 117 cm³/mol. The average molecular weight is 459 g/mol. The second kappa shape index (κ2) is 7.08. The molecule has 5 nitrogen and oxygen atoms in total. The van der Waals surface area contributed by atoms with E-state index in [1.54, 1.807) is 23.1 Å². The van der Waals surface area contributed by atoms with Crippen molar-refractivity contribution in [2.75, 3.05) is 5.32 Å². The molecule has 4 fully saturated rings. The van der Waals surface area contributed by atoms with E-state index in [0.717, 1.165) is 0 Å². The largest absolute Gasteiger partial charge is 0.326 e. The van der Waals surface area contributed by atoms with Crippen molar-refractivity contribution in [1.29, 1.82) is 0 Å². The number of amides is 3. The fourth-order valence-electron chi connectivity index (χ4n) is 6.75. The van der Waals surface area contributed by atoms with Gasteiger partial charge < -0.3 is 5.32 Å². The maximum Gasteiger partial charge on any atom is 0.233 e. The summed E-state index contributed by atoms with van der Waals surface area (Å²) in [6.07, 6.45) is 8.30. The summed E-state index contributed by atoms with van der Waals surface area (Å²) < 4.78 is 0. The third-order valence-corrected chi connectivity index (χ3v) is 9.06. The molecule has 7 heteroatoms. The number of carbonyl (C=O) groups excluding carboxylic acids is 3. The summed E-state index contributed by atoms with van der Waals surface area (Å²) >= 11 is 12.0. The van der Waals surface area contributed by atoms with E-state index in [2.05, 4.69) is 17.5 Å². The molecule has 0 spiro atoms. The van der Waals surface area contributed by atoms with Crippen molar-refractivity contribution >= 4 is 46.6 Å². The number of halogens is 2. The minimum Gasteiger partial charge on any atom is -0.326 e. The van der Waals surface area contributed by atoms with Crippen molar-refractivity contribution in [2.24, 2.45) is 41.4 Å². The highest BCUT2D eigenvalue weighted by molar-refractivity contribution is 6.42. The summed E-state index contributed by atoms with van der Waals surface area (Å²) in [5.41, 5.74) is 0.622. The fraction of sp³-hybridized carbons (Fsp3) is 0.542. The van der Waals surface area contributed by atoms with Crippen LogP contribution in [0.25, 0.3) is 0 Å². The molecule has 0 unspecified atom stereocenters. The molecule has 6 atom stereocenters. The Labute approximate surface area is 191 Å². The Hall–Kier alpha value is -1.85. The lowest BCUT2D eigenvalue weighted by Gasteiger charge is -2.37. The van der Waals surface area contributed by atoms with Crippen LogP contribution in [-0.4, -0.2) is 28.7 Å². The van der Waals surface area contributed by atoms with Crippen LogP contribution >= 0.6 is 23.2 Å². The lowest BCUT2D eigenvalue weighted by Crippen LogP contribution is -2.44. The lowest BCUT2D eigenvalue weighted by atomic mass is 9.63. The first kappa shape index (κ1) is 19.8. The minimum atomic E-state index is -0.137. The number of rotatable bonds is 3. The predicted octanol–water partition coefficient (Wildman–Crippen LogP) is 4.54. The van der Waals surface area contributed by atoms with Crippen LogP contribution in [0.3, 0.4) is 0 Å². The van der Waals surface area contributed by atoms with Gasteiger partial charge in [-0.25, -0.2) is 0 Å². The molecule has 5 aliphatic carbocycles. The van der Waals surface area contributed by atoms with Gasteiger partial charge in [-0.3, -0.25) is 19.3 Å². The molecule has 6 aliphatic rings. The fourth-order valence-corrected chi connectivity index (χ4v) is 7.05. The van der Waals surface area contributed by atoms with Crippen molar-refractivity contribution < 1.29 is 14.4 Å². The topological polar surface area (TPSA) is 66.5 Å². The highest BCUT2D eigenvalue weighted by Gasteiger charge is 2.67. The summed E-state index contributed by atoms with van der Waals surface area (Å²) in [4.78, 5) is 40.9. The van der Waals surface area contributed by atoms with Crippen molar-refractivity contribution in [3.05, 3.63) is 40.4 Å². The molecule has 7 rings (SSSR count). The summed E-state index contributed by atoms with van der Waals surface area (Å²) in [5, 5.41) is 3.76. The standard InChI is InChI=1S/C24H24Cl2N2O3/c25-18-8-3-12(9-19(18)26)27-22(29)11-1-4-13(5-2-11)28-23(30)20-14-6-7-15(17-10-16(14)17)21(20)24(28)31/h3,6-9,11,13-17,20-21H,1-2,4-5,10H2,(H,27,29)/t11?,13?,14-,15-,16-,17-,20-,21+/m0/s1. The number of nitrogens with one attached hydrogen (secondary N) is 1. The molecule has 31 heavy (non-hydrogen) atoms. The molecule has 1 aromatic carbocycles. The molecule has 162 valence electrons. The number of hydrogen-bond donors (Lipinski definition) is 1. The third kappa shape index (κ3) is 3.00. The van der Waals surface area contributed by atoms with Gasteiger partial charge in [0.1, 0.15) is 0 Å². The Balaban J connectivity index is 1.11. The molecule has 2 bridgehead atoms. The molecule has 1 aromatic rings. The second-order valence-corrected chi connectivity index (χ2v) is 10.6. The number of imide groups is 1. The first-order chi connectivity index (χ1) is 14.9. The number of nitrogens with zero attached hydrogens (tertiary/aromatic N) is 1. The van der Waals surface area contributed by atoms with Gasteiger partial charge in [0.25, 0.3) is 0 Å². The number of allylic oxidation sites excluding steroid dienone is 2. The van der Waals surface area contributed by atoms with E-state index in [1.807, 2.05) is 0 Å². The van der Waals surface area contributed by atoms with Crippen LogP contribution in [0.2, 0.25) is 10.0 Å². The van der Waals surface area contributed by atoms with E-state index in [1.165, 1.54) is 6.42 Å². The smallest absolute Gasteiger partial charge is 0.233 e. The van der Waals surface area contributed by atoms with E-state index in [4.69, 9.17) is 23.2 Å². The Bertz CT molecular complexity index is 980. The van der Waals surface area contributed by atoms with Crippen molar-refractivity contribution in [3.63, 3.8) is 0 Å². The highest BCUT2D eigenvalue weighted by Crippen LogP contribution is 2.65. The average Bonchev–Trinajstić information content (AvgIpc) is 3.54. The normalized spacial score (nSPS) is 40.0. The van der Waals surface area contributed by atoms with Gasteiger partial charge in [0.15, 0.2) is 0 Å². The van der Waals surface area contributed by atoms with Gasteiger partial charge in [0.05, 0.1) is 21.9 Å². The molecular weight excluding hydrogens is 435 g/mol. The van der Waals surface area contributed by atoms with Gasteiger partial charge in [0, 0.05) is 17.6 Å². The van der Waals surface area contributed by atoms with Crippen LogP contribution in [0.5, 0.6) is 0 Å². The zero-order valence-electron chi connectivity index (χ0n) is 17.0. The Morgan fingerprint density at radius 3 is 2.10 bits per heavy atom. The lowest BCUT2D eigenvalue weighted by molar-refractivity contribution is -0.144. The van der Waals surface area contributed by atoms with Crippen LogP contribution in [0.1, 0.15) is 32.1 Å². The number of carbonyl (C=O) groups is 3. The monoisotopic (exact) mass is 458 g/mol. The number of anilines is 1. The molecule has 1 saturated heterocycles. The first-order valence-electron chi connectivity index (χ1n) is 11.2. The number of hydrogen-bond acceptors (Lipinski definition) is 3. The number of benzene rings is 1. The van der Waals surface area contributed by atoms with E-state index >= 15 is 0 Å². The van der Waals surface area contributed by atoms with Crippen molar-refractivity contribution in [2.45, 2.75) is 38.1 Å². The van der Waals surface area contributed by atoms with Gasteiger partial charge in [-0.15, -0.1) is 0 Å². The molecule has 0 radical (unpaired) electrons. The Morgan fingerprint density at radius 2 is 1.52 bits per heavy atom. The highest BCUT2D eigenvalue weighted by atomic mass is 35.5. The molecule has 0 aromatic heterocycles. The van der Waals surface area contributed by atoms with Crippen LogP contribution in [-0.2, 0) is 14.4 Å². The van der Waals surface area contributed by atoms with Gasteiger partial charge in [0.2, 0.25) is 17.7 Å². The van der Waals surface area contributed by atoms with Gasteiger partial charge >= 0.3 is 0 Å². The van der Waals surface area contributed by atoms with Crippen LogP contribution in [0.15, 0.2) is 30.4 Å². The first-order valence-corrected chi connectivity index (χ1v) is 12.0. The van der Waals surface area contributed by atoms with E-state index in [-0.39, 0.29) is 53.4 Å². The molecule has 1 heterocycles. The van der Waals surface area contributed by atoms with Gasteiger partial charge in [-0.05, 0) is 74.0 Å². The van der Waals surface area contributed by atoms with Crippen molar-refractivity contribution in [1.82, 2.24) is 4.90 Å². The quantitative estimate of drug-likeness (QED) is 0.533. The maximum absolute atomic E-state index is 13.3. The maximum atomic E-state index is 13.3. The molecule has 3 amide bonds.